The molecule has 1 spiro atoms. The molecule has 0 aromatic heterocycles. The summed E-state index contributed by atoms with van der Waals surface area (Å²) < 4.78 is 12.7. The van der Waals surface area contributed by atoms with Gasteiger partial charge < -0.3 is 29.3 Å². The normalized spacial score (nSPS) is 32.6. The van der Waals surface area contributed by atoms with E-state index in [-0.39, 0.29) is 44.5 Å². The summed E-state index contributed by atoms with van der Waals surface area (Å²) in [5.41, 5.74) is 0.239. The molecule has 10 heteroatoms. The Labute approximate surface area is 262 Å². The van der Waals surface area contributed by atoms with Gasteiger partial charge in [-0.1, -0.05) is 85.0 Å². The van der Waals surface area contributed by atoms with Crippen LogP contribution in [0.15, 0.2) is 85.0 Å². The van der Waals surface area contributed by atoms with Crippen molar-refractivity contribution in [2.75, 3.05) is 26.7 Å². The molecule has 5 bridgehead atoms. The third kappa shape index (κ3) is 5.46. The van der Waals surface area contributed by atoms with Gasteiger partial charge in [-0.3, -0.25) is 19.2 Å². The zero-order valence-electron chi connectivity index (χ0n) is 25.5. The van der Waals surface area contributed by atoms with Crippen LogP contribution in [0.25, 0.3) is 0 Å². The lowest BCUT2D eigenvalue weighted by molar-refractivity contribution is -0.164. The van der Waals surface area contributed by atoms with Crippen LogP contribution >= 0.6 is 0 Å². The van der Waals surface area contributed by atoms with Gasteiger partial charge in [-0.05, 0) is 24.5 Å². The fourth-order valence-electron chi connectivity index (χ4n) is 7.20. The number of rotatable bonds is 5. The molecule has 3 amide bonds. The van der Waals surface area contributed by atoms with Gasteiger partial charge in [0.25, 0.3) is 0 Å². The maximum atomic E-state index is 14.5. The number of esters is 1. The predicted molar refractivity (Wildman–Crippen MR) is 164 cm³/mol. The number of likely N-dealkylation sites (N-methyl/N-ethyl adjacent to an activating group) is 1. The molecule has 4 aliphatic rings. The number of benzene rings is 2. The Balaban J connectivity index is 1.42. The number of aliphatic hydroxyl groups excluding tert-OH is 1. The van der Waals surface area contributed by atoms with E-state index < -0.39 is 53.6 Å². The number of amides is 3. The molecule has 1 N–H and O–H groups in total. The average Bonchev–Trinajstić information content (AvgIpc) is 3.70. The Morgan fingerprint density at radius 3 is 2.38 bits per heavy atom. The molecular formula is C35H39N3O7. The number of hydrogen-bond acceptors (Lipinski definition) is 7. The summed E-state index contributed by atoms with van der Waals surface area (Å²) in [4.78, 5) is 60.7. The van der Waals surface area contributed by atoms with Crippen LogP contribution in [-0.4, -0.2) is 94.0 Å². The molecule has 4 heterocycles. The molecule has 45 heavy (non-hydrogen) atoms. The molecule has 0 saturated carbocycles. The van der Waals surface area contributed by atoms with Gasteiger partial charge in [0.2, 0.25) is 17.7 Å². The zero-order chi connectivity index (χ0) is 31.7. The molecule has 7 atom stereocenters. The van der Waals surface area contributed by atoms with Crippen molar-refractivity contribution in [2.45, 2.75) is 56.2 Å². The smallest absolute Gasteiger partial charge is 0.313 e. The van der Waals surface area contributed by atoms with Crippen molar-refractivity contribution >= 4 is 23.7 Å². The topological polar surface area (TPSA) is 117 Å². The van der Waals surface area contributed by atoms with E-state index in [1.54, 1.807) is 29.0 Å². The van der Waals surface area contributed by atoms with Gasteiger partial charge in [0.05, 0.1) is 24.7 Å². The Morgan fingerprint density at radius 2 is 1.67 bits per heavy atom. The number of ether oxygens (including phenoxy) is 2. The first kappa shape index (κ1) is 30.7. The second kappa shape index (κ2) is 12.6. The molecular weight excluding hydrogens is 574 g/mol. The largest absolute Gasteiger partial charge is 0.455 e. The van der Waals surface area contributed by atoms with Crippen LogP contribution < -0.4 is 0 Å². The number of aliphatic hydroxyl groups is 1. The average molecular weight is 614 g/mol. The number of fused-ring (bicyclic) bond motifs is 2. The molecule has 6 rings (SSSR count). The Bertz CT molecular complexity index is 1500. The molecule has 2 fully saturated rings. The Hall–Kier alpha value is -4.28. The number of carbonyl (C=O) groups is 4. The third-order valence-corrected chi connectivity index (χ3v) is 9.58. The van der Waals surface area contributed by atoms with E-state index in [4.69, 9.17) is 9.47 Å². The van der Waals surface area contributed by atoms with E-state index in [1.165, 1.54) is 4.90 Å². The lowest BCUT2D eigenvalue weighted by Gasteiger charge is -2.35. The highest BCUT2D eigenvalue weighted by Gasteiger charge is 2.73. The van der Waals surface area contributed by atoms with Crippen molar-refractivity contribution in [1.29, 1.82) is 0 Å². The highest BCUT2D eigenvalue weighted by molar-refractivity contribution is 5.99. The molecule has 0 unspecified atom stereocenters. The highest BCUT2D eigenvalue weighted by atomic mass is 16.6. The van der Waals surface area contributed by atoms with Gasteiger partial charge in [0.1, 0.15) is 23.7 Å². The maximum Gasteiger partial charge on any atom is 0.313 e. The zero-order valence-corrected chi connectivity index (χ0v) is 25.5. The van der Waals surface area contributed by atoms with E-state index >= 15 is 0 Å². The molecule has 236 valence electrons. The number of allylic oxidation sites excluding steroid dienone is 1. The summed E-state index contributed by atoms with van der Waals surface area (Å²) in [7, 11) is 1.70. The van der Waals surface area contributed by atoms with Crippen LogP contribution in [0.2, 0.25) is 0 Å². The number of nitrogens with zero attached hydrogens (tertiary/aromatic N) is 3. The summed E-state index contributed by atoms with van der Waals surface area (Å²) in [6, 6.07) is 17.2. The lowest BCUT2D eigenvalue weighted by Crippen LogP contribution is -2.56. The van der Waals surface area contributed by atoms with E-state index in [9.17, 15) is 24.3 Å². The van der Waals surface area contributed by atoms with Gasteiger partial charge >= 0.3 is 5.97 Å². The van der Waals surface area contributed by atoms with Crippen LogP contribution in [0.1, 0.15) is 37.0 Å². The van der Waals surface area contributed by atoms with Gasteiger partial charge in [0, 0.05) is 33.1 Å². The van der Waals surface area contributed by atoms with Crippen molar-refractivity contribution < 1.29 is 33.8 Å². The number of likely N-dealkylation sites (tertiary alicyclic amines) is 1. The summed E-state index contributed by atoms with van der Waals surface area (Å²) >= 11 is 0. The molecule has 0 aliphatic carbocycles. The van der Waals surface area contributed by atoms with Crippen LogP contribution in [0.3, 0.4) is 0 Å². The first-order valence-corrected chi connectivity index (χ1v) is 15.5. The molecule has 0 radical (unpaired) electrons. The molecule has 2 aromatic rings. The van der Waals surface area contributed by atoms with Crippen molar-refractivity contribution in [3.63, 3.8) is 0 Å². The first-order valence-electron chi connectivity index (χ1n) is 15.5. The van der Waals surface area contributed by atoms with E-state index in [2.05, 4.69) is 0 Å². The summed E-state index contributed by atoms with van der Waals surface area (Å²) in [6.45, 7) is 1.92. The van der Waals surface area contributed by atoms with E-state index in [0.717, 1.165) is 11.1 Å². The monoisotopic (exact) mass is 613 g/mol. The predicted octanol–water partition coefficient (Wildman–Crippen LogP) is 2.64. The minimum absolute atomic E-state index is 0.0806. The standard InChI is InChI=1S/C35H39N3O7/c1-23-30(25-14-8-4-9-15-25)44-34(43)28-26-17-18-35(45-26)29(28)32(41)38(20-21-39)31(35)33(42)37(22-24-12-6-3-7-13-24)19-11-5-10-16-27(40)36(23)2/h3-9,11-15,17-18,23,26,28-31,39H,10,16,19-22H2,1-2H3/b11-5-/t23-,26+,28-,29-,30+,31+,35-/m0/s1. The van der Waals surface area contributed by atoms with Crippen LogP contribution in [0, 0.1) is 11.8 Å². The van der Waals surface area contributed by atoms with Crippen molar-refractivity contribution in [3.05, 3.63) is 96.1 Å². The van der Waals surface area contributed by atoms with Gasteiger partial charge in [-0.2, -0.15) is 0 Å². The SMILES string of the molecule is C[C@H]1[C@H](c2ccccc2)OC(=O)[C@@H]2[C@H]3C(=O)N(CCO)[C@H](C(=O)N(Cc4ccccc4)C/C=C\CCC(=O)N1C)[C@]31C=C[C@H]2O1. The second-order valence-corrected chi connectivity index (χ2v) is 12.2. The summed E-state index contributed by atoms with van der Waals surface area (Å²) in [5.74, 6) is -3.51. The van der Waals surface area contributed by atoms with Crippen molar-refractivity contribution in [3.8, 4) is 0 Å². The number of carbonyl (C=O) groups excluding carboxylic acids is 4. The third-order valence-electron chi connectivity index (χ3n) is 9.58. The van der Waals surface area contributed by atoms with E-state index in [0.29, 0.717) is 6.42 Å². The maximum absolute atomic E-state index is 14.5. The summed E-state index contributed by atoms with van der Waals surface area (Å²) in [6.07, 6.45) is 6.38. The van der Waals surface area contributed by atoms with Crippen LogP contribution in [0.5, 0.6) is 0 Å². The first-order chi connectivity index (χ1) is 21.8. The molecule has 10 nitrogen and oxygen atoms in total. The van der Waals surface area contributed by atoms with Gasteiger partial charge in [-0.15, -0.1) is 0 Å². The fourth-order valence-corrected chi connectivity index (χ4v) is 7.20. The van der Waals surface area contributed by atoms with Crippen LogP contribution in [-0.2, 0) is 35.2 Å². The lowest BCUT2D eigenvalue weighted by atomic mass is 9.74. The Morgan fingerprint density at radius 1 is 0.956 bits per heavy atom. The van der Waals surface area contributed by atoms with Crippen molar-refractivity contribution in [2.24, 2.45) is 11.8 Å². The summed E-state index contributed by atoms with van der Waals surface area (Å²) in [5, 5.41) is 9.97. The Kier molecular flexibility index (Phi) is 8.61. The minimum atomic E-state index is -1.38. The minimum Gasteiger partial charge on any atom is -0.455 e. The molecule has 2 saturated heterocycles. The highest BCUT2D eigenvalue weighted by Crippen LogP contribution is 2.56. The van der Waals surface area contributed by atoms with E-state index in [1.807, 2.05) is 79.7 Å². The fraction of sp³-hybridized carbons (Fsp3) is 0.429. The van der Waals surface area contributed by atoms with Crippen LogP contribution in [0.4, 0.5) is 0 Å². The molecule has 4 aliphatic heterocycles. The second-order valence-electron chi connectivity index (χ2n) is 12.2. The molecule has 2 aromatic carbocycles. The van der Waals surface area contributed by atoms with Crippen molar-refractivity contribution in [1.82, 2.24) is 14.7 Å². The van der Waals surface area contributed by atoms with Gasteiger partial charge in [0.15, 0.2) is 0 Å². The quantitative estimate of drug-likeness (QED) is 0.407. The number of cyclic esters (lactones) is 1. The number of β-amino-alcohol motifs (C(OH)–C–C–N with tert-alkyl or cyclic N) is 1. The van der Waals surface area contributed by atoms with Gasteiger partial charge in [-0.25, -0.2) is 0 Å². The number of hydrogen-bond donors (Lipinski definition) is 1.